The zero-order valence-electron chi connectivity index (χ0n) is 18.1. The topological polar surface area (TPSA) is 89.2 Å². The lowest BCUT2D eigenvalue weighted by Gasteiger charge is -2.32. The maximum Gasteiger partial charge on any atom is 0.324 e. The molecule has 2 fully saturated rings. The molecule has 1 aromatic carbocycles. The molecule has 2 aliphatic carbocycles. The molecule has 0 amide bonds. The molecule has 0 spiro atoms. The molecule has 7 nitrogen and oxygen atoms in total. The van der Waals surface area contributed by atoms with Crippen LogP contribution in [0.1, 0.15) is 29.8 Å². The van der Waals surface area contributed by atoms with E-state index in [1.165, 1.54) is 6.07 Å². The third-order valence-corrected chi connectivity index (χ3v) is 7.00. The summed E-state index contributed by atoms with van der Waals surface area (Å²) in [5.74, 6) is 1.58. The quantitative estimate of drug-likeness (QED) is 0.509. The van der Waals surface area contributed by atoms with E-state index in [1.807, 2.05) is 26.1 Å². The van der Waals surface area contributed by atoms with E-state index in [-0.39, 0.29) is 17.9 Å². The fourth-order valence-corrected chi connectivity index (χ4v) is 5.44. The Kier molecular flexibility index (Phi) is 4.33. The van der Waals surface area contributed by atoms with Crippen molar-refractivity contribution in [3.05, 3.63) is 53.2 Å². The first-order valence-electron chi connectivity index (χ1n) is 11.0. The third kappa shape index (κ3) is 3.01. The molecule has 2 bridgehead atoms. The highest BCUT2D eigenvalue weighted by atomic mass is 19.1. The van der Waals surface area contributed by atoms with Crippen LogP contribution in [0.15, 0.2) is 30.5 Å². The van der Waals surface area contributed by atoms with Crippen molar-refractivity contribution in [1.82, 2.24) is 15.0 Å². The van der Waals surface area contributed by atoms with E-state index >= 15 is 0 Å². The number of hydrogen-bond donors (Lipinski definition) is 2. The van der Waals surface area contributed by atoms with Gasteiger partial charge in [0.25, 0.3) is 0 Å². The molecule has 0 radical (unpaired) electrons. The Morgan fingerprint density at radius 3 is 2.78 bits per heavy atom. The lowest BCUT2D eigenvalue weighted by atomic mass is 10.0. The maximum absolute atomic E-state index is 14.5. The molecule has 3 atom stereocenters. The van der Waals surface area contributed by atoms with Gasteiger partial charge in [-0.05, 0) is 61.1 Å². The Balaban J connectivity index is 1.48. The second-order valence-corrected chi connectivity index (χ2v) is 9.00. The summed E-state index contributed by atoms with van der Waals surface area (Å²) in [4.78, 5) is 16.2. The summed E-state index contributed by atoms with van der Waals surface area (Å²) in [6.45, 7) is 2.78. The number of nitrogens with two attached hydrogens (primary N) is 1. The minimum absolute atomic E-state index is 0.237. The molecule has 1 saturated carbocycles. The van der Waals surface area contributed by atoms with E-state index in [0.717, 1.165) is 59.0 Å². The van der Waals surface area contributed by atoms with E-state index in [1.54, 1.807) is 12.3 Å². The van der Waals surface area contributed by atoms with E-state index in [9.17, 15) is 4.39 Å². The number of hydrogen-bond acceptors (Lipinski definition) is 7. The summed E-state index contributed by atoms with van der Waals surface area (Å²) >= 11 is 0. The number of aromatic nitrogens is 3. The molecule has 3 aliphatic rings. The zero-order valence-corrected chi connectivity index (χ0v) is 18.1. The van der Waals surface area contributed by atoms with E-state index in [2.05, 4.69) is 15.2 Å². The largest absolute Gasteiger partial charge is 0.423 e. The van der Waals surface area contributed by atoms with Crippen molar-refractivity contribution in [2.24, 2.45) is 11.7 Å². The molecular weight excluding hydrogens is 407 g/mol. The third-order valence-electron chi connectivity index (χ3n) is 7.00. The Morgan fingerprint density at radius 2 is 2.09 bits per heavy atom. The minimum Gasteiger partial charge on any atom is -0.423 e. The maximum atomic E-state index is 14.5. The number of halogens is 1. The van der Waals surface area contributed by atoms with Crippen molar-refractivity contribution >= 4 is 11.5 Å². The average molecular weight is 433 g/mol. The van der Waals surface area contributed by atoms with Crippen molar-refractivity contribution in [3.8, 4) is 22.9 Å². The van der Waals surface area contributed by atoms with Crippen LogP contribution in [-0.2, 0) is 6.42 Å². The lowest BCUT2D eigenvalue weighted by molar-refractivity contribution is 0.434. The summed E-state index contributed by atoms with van der Waals surface area (Å²) in [5.41, 5.74) is 11.6. The molecule has 1 saturated heterocycles. The van der Waals surface area contributed by atoms with Gasteiger partial charge < -0.3 is 20.7 Å². The Bertz CT molecular complexity index is 1210. The van der Waals surface area contributed by atoms with Gasteiger partial charge in [0, 0.05) is 49.0 Å². The average Bonchev–Trinajstić information content (AvgIpc) is 3.46. The van der Waals surface area contributed by atoms with Gasteiger partial charge in [-0.2, -0.15) is 9.97 Å². The van der Waals surface area contributed by atoms with Gasteiger partial charge in [-0.3, -0.25) is 4.98 Å². The van der Waals surface area contributed by atoms with Gasteiger partial charge in [-0.25, -0.2) is 4.39 Å². The monoisotopic (exact) mass is 432 g/mol. The molecular formula is C24H25FN6O. The van der Waals surface area contributed by atoms with Crippen LogP contribution in [0.4, 0.5) is 15.9 Å². The Hall–Kier alpha value is -3.26. The first kappa shape index (κ1) is 19.4. The highest BCUT2D eigenvalue weighted by Gasteiger charge is 2.45. The van der Waals surface area contributed by atoms with Crippen molar-refractivity contribution in [2.45, 2.75) is 38.3 Å². The number of ether oxygens (including phenoxy) is 1. The number of benzene rings is 1. The van der Waals surface area contributed by atoms with Gasteiger partial charge in [-0.1, -0.05) is 0 Å². The highest BCUT2D eigenvalue weighted by molar-refractivity contribution is 5.88. The second-order valence-electron chi connectivity index (χ2n) is 9.00. The van der Waals surface area contributed by atoms with Crippen LogP contribution >= 0.6 is 0 Å². The molecule has 3 aromatic rings. The number of aryl methyl sites for hydroxylation is 1. The lowest BCUT2D eigenvalue weighted by Crippen LogP contribution is -2.41. The van der Waals surface area contributed by atoms with Gasteiger partial charge in [0.15, 0.2) is 0 Å². The predicted octanol–water partition coefficient (Wildman–Crippen LogP) is 3.65. The molecule has 3 heterocycles. The van der Waals surface area contributed by atoms with E-state index < -0.39 is 0 Å². The fourth-order valence-electron chi connectivity index (χ4n) is 5.44. The van der Waals surface area contributed by atoms with Crippen LogP contribution in [0.2, 0.25) is 0 Å². The molecule has 164 valence electrons. The van der Waals surface area contributed by atoms with Gasteiger partial charge in [0.1, 0.15) is 17.4 Å². The fraction of sp³-hybridized carbons (Fsp3) is 0.375. The second kappa shape index (κ2) is 7.13. The molecule has 32 heavy (non-hydrogen) atoms. The summed E-state index contributed by atoms with van der Waals surface area (Å²) < 4.78 is 20.5. The van der Waals surface area contributed by atoms with Crippen LogP contribution in [0.3, 0.4) is 0 Å². The number of nitrogens with zero attached hydrogens (tertiary/aromatic N) is 4. The summed E-state index contributed by atoms with van der Waals surface area (Å²) in [6.07, 6.45) is 4.28. The first-order valence-corrected chi connectivity index (χ1v) is 11.0. The van der Waals surface area contributed by atoms with Crippen LogP contribution in [-0.4, -0.2) is 40.6 Å². The van der Waals surface area contributed by atoms with Gasteiger partial charge in [0.2, 0.25) is 0 Å². The molecule has 1 aliphatic heterocycles. The smallest absolute Gasteiger partial charge is 0.324 e. The number of fused-ring (bicyclic) bond motifs is 5. The molecule has 2 aromatic heterocycles. The Morgan fingerprint density at radius 1 is 1.22 bits per heavy atom. The molecule has 3 N–H and O–H groups in total. The molecule has 0 unspecified atom stereocenters. The van der Waals surface area contributed by atoms with Crippen molar-refractivity contribution in [2.75, 3.05) is 23.8 Å². The van der Waals surface area contributed by atoms with Crippen molar-refractivity contribution < 1.29 is 9.13 Å². The predicted molar refractivity (Wildman–Crippen MR) is 121 cm³/mol. The minimum atomic E-state index is -0.275. The van der Waals surface area contributed by atoms with Gasteiger partial charge >= 0.3 is 6.01 Å². The normalized spacial score (nSPS) is 22.8. The van der Waals surface area contributed by atoms with Crippen LogP contribution in [0.25, 0.3) is 11.1 Å². The summed E-state index contributed by atoms with van der Waals surface area (Å²) in [5, 5.41) is 3.13. The highest BCUT2D eigenvalue weighted by Crippen LogP contribution is 2.48. The SMILES string of the molecule is CNc1cc(F)cc2c1Cc1nc(Oc3ccc(C)nc3)nc(N3C[C@H]4C[C@@H]3C[C@H]4N)c1-2. The zero-order chi connectivity index (χ0) is 22.0. The summed E-state index contributed by atoms with van der Waals surface area (Å²) in [6, 6.07) is 7.74. The van der Waals surface area contributed by atoms with Crippen LogP contribution in [0.5, 0.6) is 11.8 Å². The molecule has 6 rings (SSSR count). The van der Waals surface area contributed by atoms with Gasteiger partial charge in [0.05, 0.1) is 11.9 Å². The first-order chi connectivity index (χ1) is 15.5. The number of rotatable bonds is 4. The van der Waals surface area contributed by atoms with Crippen LogP contribution in [0, 0.1) is 18.7 Å². The Labute approximate surface area is 185 Å². The van der Waals surface area contributed by atoms with Crippen molar-refractivity contribution in [3.63, 3.8) is 0 Å². The number of piperidine rings is 1. The van der Waals surface area contributed by atoms with E-state index in [0.29, 0.717) is 24.1 Å². The molecule has 8 heteroatoms. The van der Waals surface area contributed by atoms with E-state index in [4.69, 9.17) is 20.4 Å². The number of pyridine rings is 1. The van der Waals surface area contributed by atoms with Gasteiger partial charge in [-0.15, -0.1) is 0 Å². The number of anilines is 2. The summed E-state index contributed by atoms with van der Waals surface area (Å²) in [7, 11) is 1.81. The standard InChI is InChI=1S/C24H25FN6O/c1-12-3-4-16(10-28-12)32-24-29-21-9-17-18(6-14(25)7-20(17)27-2)22(21)23(30-24)31-11-13-5-15(31)8-19(13)26/h3-4,6-7,10,13,15,19,27H,5,8-9,11,26H2,1-2H3/t13-,15-,19-/m1/s1. The van der Waals surface area contributed by atoms with Crippen molar-refractivity contribution in [1.29, 1.82) is 0 Å². The number of nitrogens with one attached hydrogen (secondary N) is 1. The van der Waals surface area contributed by atoms with Crippen LogP contribution < -0.4 is 20.7 Å².